The lowest BCUT2D eigenvalue weighted by Crippen LogP contribution is -2.39. The van der Waals surface area contributed by atoms with Crippen molar-refractivity contribution in [2.75, 3.05) is 6.79 Å². The SMILES string of the molecule is Cc1ccc(C(=O)N(C(=O)OCOC(=O)[C@H](C)C(=O)OCc2ccccc2)C2CC2)cc1[N+](=O)[O-]. The van der Waals surface area contributed by atoms with Crippen LogP contribution in [0, 0.1) is 23.0 Å². The minimum absolute atomic E-state index is 0.0120. The molecule has 1 fully saturated rings. The number of esters is 2. The molecule has 2 aromatic rings. The zero-order valence-corrected chi connectivity index (χ0v) is 19.2. The number of hydrogen-bond donors (Lipinski definition) is 0. The molecule has 0 radical (unpaired) electrons. The Morgan fingerprint density at radius 2 is 1.69 bits per heavy atom. The Balaban J connectivity index is 1.53. The Labute approximate surface area is 200 Å². The number of benzene rings is 2. The van der Waals surface area contributed by atoms with Crippen LogP contribution in [-0.4, -0.2) is 46.6 Å². The van der Waals surface area contributed by atoms with Crippen LogP contribution in [0.15, 0.2) is 48.5 Å². The van der Waals surface area contributed by atoms with Gasteiger partial charge in [-0.25, -0.2) is 9.69 Å². The van der Waals surface area contributed by atoms with E-state index in [0.717, 1.165) is 16.5 Å². The molecule has 0 bridgehead atoms. The molecule has 0 heterocycles. The number of nitro benzene ring substituents is 1. The summed E-state index contributed by atoms with van der Waals surface area (Å²) >= 11 is 0. The molecule has 0 N–H and O–H groups in total. The monoisotopic (exact) mass is 484 g/mol. The molecule has 2 aromatic carbocycles. The topological polar surface area (TPSA) is 142 Å². The second kappa shape index (κ2) is 11.2. The van der Waals surface area contributed by atoms with E-state index in [4.69, 9.17) is 14.2 Å². The van der Waals surface area contributed by atoms with Gasteiger partial charge in [0.1, 0.15) is 6.61 Å². The van der Waals surface area contributed by atoms with Crippen LogP contribution in [0.25, 0.3) is 0 Å². The zero-order chi connectivity index (χ0) is 25.5. The van der Waals surface area contributed by atoms with Gasteiger partial charge in [0.2, 0.25) is 6.79 Å². The van der Waals surface area contributed by atoms with Gasteiger partial charge in [0, 0.05) is 23.2 Å². The fourth-order valence-electron chi connectivity index (χ4n) is 3.09. The predicted molar refractivity (Wildman–Crippen MR) is 120 cm³/mol. The number of ether oxygens (including phenoxy) is 3. The summed E-state index contributed by atoms with van der Waals surface area (Å²) < 4.78 is 14.8. The van der Waals surface area contributed by atoms with Crippen molar-refractivity contribution in [2.24, 2.45) is 5.92 Å². The number of aryl methyl sites for hydroxylation is 1. The predicted octanol–water partition coefficient (Wildman–Crippen LogP) is 3.52. The van der Waals surface area contributed by atoms with E-state index >= 15 is 0 Å². The summed E-state index contributed by atoms with van der Waals surface area (Å²) in [6, 6.07) is 12.4. The number of nitrogens with zero attached hydrogens (tertiary/aromatic N) is 2. The summed E-state index contributed by atoms with van der Waals surface area (Å²) in [7, 11) is 0. The summed E-state index contributed by atoms with van der Waals surface area (Å²) in [5.41, 5.74) is 0.828. The van der Waals surface area contributed by atoms with Crippen molar-refractivity contribution in [3.8, 4) is 0 Å². The molecular formula is C24H24N2O9. The Kier molecular flexibility index (Phi) is 8.13. The van der Waals surface area contributed by atoms with Gasteiger partial charge in [-0.15, -0.1) is 0 Å². The maximum absolute atomic E-state index is 12.9. The second-order valence-electron chi connectivity index (χ2n) is 7.97. The van der Waals surface area contributed by atoms with Crippen LogP contribution in [0.5, 0.6) is 0 Å². The van der Waals surface area contributed by atoms with Crippen molar-refractivity contribution in [1.29, 1.82) is 0 Å². The Bertz CT molecular complexity index is 1130. The number of rotatable bonds is 9. The molecule has 1 aliphatic carbocycles. The number of imide groups is 1. The molecule has 11 nitrogen and oxygen atoms in total. The molecule has 1 saturated carbocycles. The first-order valence-electron chi connectivity index (χ1n) is 10.8. The molecule has 35 heavy (non-hydrogen) atoms. The summed E-state index contributed by atoms with van der Waals surface area (Å²) in [4.78, 5) is 61.0. The van der Waals surface area contributed by atoms with Gasteiger partial charge in [0.05, 0.1) is 4.92 Å². The number of amides is 2. The highest BCUT2D eigenvalue weighted by molar-refractivity contribution is 6.04. The van der Waals surface area contributed by atoms with Gasteiger partial charge < -0.3 is 14.2 Å². The van der Waals surface area contributed by atoms with Gasteiger partial charge in [-0.05, 0) is 38.3 Å². The van der Waals surface area contributed by atoms with E-state index in [1.807, 2.05) is 6.07 Å². The molecule has 0 spiro atoms. The fourth-order valence-corrected chi connectivity index (χ4v) is 3.09. The third-order valence-corrected chi connectivity index (χ3v) is 5.29. The van der Waals surface area contributed by atoms with Gasteiger partial charge in [0.25, 0.3) is 11.6 Å². The van der Waals surface area contributed by atoms with Crippen LogP contribution < -0.4 is 0 Å². The smallest absolute Gasteiger partial charge is 0.419 e. The quantitative estimate of drug-likeness (QED) is 0.172. The van der Waals surface area contributed by atoms with Crippen molar-refractivity contribution < 1.29 is 38.3 Å². The average molecular weight is 484 g/mol. The fraction of sp³-hybridized carbons (Fsp3) is 0.333. The van der Waals surface area contributed by atoms with Crippen molar-refractivity contribution in [3.63, 3.8) is 0 Å². The third kappa shape index (κ3) is 6.62. The summed E-state index contributed by atoms with van der Waals surface area (Å²) in [5.74, 6) is -3.79. The molecule has 1 atom stereocenters. The highest BCUT2D eigenvalue weighted by Crippen LogP contribution is 2.30. The number of carbonyl (C=O) groups is 4. The third-order valence-electron chi connectivity index (χ3n) is 5.29. The maximum Gasteiger partial charge on any atom is 0.419 e. The molecule has 11 heteroatoms. The Morgan fingerprint density at radius 1 is 1.03 bits per heavy atom. The van der Waals surface area contributed by atoms with Crippen LogP contribution in [0.4, 0.5) is 10.5 Å². The first kappa shape index (κ1) is 25.3. The lowest BCUT2D eigenvalue weighted by atomic mass is 10.1. The van der Waals surface area contributed by atoms with Crippen LogP contribution in [0.1, 0.15) is 41.3 Å². The Morgan fingerprint density at radius 3 is 2.31 bits per heavy atom. The molecule has 0 saturated heterocycles. The molecule has 0 aliphatic heterocycles. The van der Waals surface area contributed by atoms with Gasteiger partial charge in [-0.2, -0.15) is 0 Å². The van der Waals surface area contributed by atoms with Crippen LogP contribution in [-0.2, 0) is 30.4 Å². The van der Waals surface area contributed by atoms with E-state index in [2.05, 4.69) is 0 Å². The second-order valence-corrected chi connectivity index (χ2v) is 7.97. The largest absolute Gasteiger partial charge is 0.460 e. The molecular weight excluding hydrogens is 460 g/mol. The van der Waals surface area contributed by atoms with Gasteiger partial charge in [-0.3, -0.25) is 24.5 Å². The lowest BCUT2D eigenvalue weighted by molar-refractivity contribution is -0.385. The lowest BCUT2D eigenvalue weighted by Gasteiger charge is -2.20. The highest BCUT2D eigenvalue weighted by Gasteiger charge is 2.39. The number of nitro groups is 1. The molecule has 184 valence electrons. The number of hydrogen-bond acceptors (Lipinski definition) is 9. The maximum atomic E-state index is 12.9. The molecule has 0 aromatic heterocycles. The van der Waals surface area contributed by atoms with E-state index in [-0.39, 0.29) is 17.9 Å². The zero-order valence-electron chi connectivity index (χ0n) is 19.2. The normalized spacial score (nSPS) is 13.3. The standard InChI is InChI=1S/C24H24N2O9/c1-15-8-9-18(12-20(15)26(31)32)21(27)25(19-10-11-19)24(30)35-14-34-23(29)16(2)22(28)33-13-17-6-4-3-5-7-17/h3-9,12,16,19H,10-11,13-14H2,1-2H3/t16-/m1/s1. The Hall–Kier alpha value is -4.28. The summed E-state index contributed by atoms with van der Waals surface area (Å²) in [5, 5.41) is 11.2. The highest BCUT2D eigenvalue weighted by atomic mass is 16.7. The first-order chi connectivity index (χ1) is 16.7. The van der Waals surface area contributed by atoms with Crippen LogP contribution in [0.3, 0.4) is 0 Å². The van der Waals surface area contributed by atoms with Crippen molar-refractivity contribution >= 4 is 29.6 Å². The van der Waals surface area contributed by atoms with E-state index in [9.17, 15) is 29.3 Å². The van der Waals surface area contributed by atoms with Crippen LogP contribution >= 0.6 is 0 Å². The van der Waals surface area contributed by atoms with Crippen molar-refractivity contribution in [1.82, 2.24) is 4.90 Å². The average Bonchev–Trinajstić information content (AvgIpc) is 3.67. The molecule has 2 amide bonds. The first-order valence-corrected chi connectivity index (χ1v) is 10.8. The van der Waals surface area contributed by atoms with E-state index in [1.54, 1.807) is 24.3 Å². The molecule has 1 aliphatic rings. The number of carbonyl (C=O) groups excluding carboxylic acids is 4. The van der Waals surface area contributed by atoms with Crippen molar-refractivity contribution in [2.45, 2.75) is 39.3 Å². The minimum Gasteiger partial charge on any atom is -0.460 e. The van der Waals surface area contributed by atoms with Crippen molar-refractivity contribution in [3.05, 3.63) is 75.3 Å². The van der Waals surface area contributed by atoms with Gasteiger partial charge in [0.15, 0.2) is 5.92 Å². The molecule has 0 unspecified atom stereocenters. The minimum atomic E-state index is -1.26. The van der Waals surface area contributed by atoms with Gasteiger partial charge >= 0.3 is 18.0 Å². The van der Waals surface area contributed by atoms with Gasteiger partial charge in [-0.1, -0.05) is 36.4 Å². The van der Waals surface area contributed by atoms with Crippen LogP contribution in [0.2, 0.25) is 0 Å². The van der Waals surface area contributed by atoms with E-state index in [1.165, 1.54) is 26.0 Å². The van der Waals surface area contributed by atoms with E-state index in [0.29, 0.717) is 18.4 Å². The van der Waals surface area contributed by atoms with E-state index < -0.39 is 47.6 Å². The summed E-state index contributed by atoms with van der Waals surface area (Å²) in [6.45, 7) is 1.99. The molecule has 3 rings (SSSR count). The summed E-state index contributed by atoms with van der Waals surface area (Å²) in [6.07, 6.45) is 0.0467.